The molecular formula is C15H13BrN2O5S. The van der Waals surface area contributed by atoms with Crippen molar-refractivity contribution in [2.24, 2.45) is 0 Å². The first-order valence-electron chi connectivity index (χ1n) is 6.85. The minimum Gasteiger partial charge on any atom is -0.454 e. The number of fused-ring (bicyclic) bond motifs is 1. The molecule has 0 aromatic heterocycles. The lowest BCUT2D eigenvalue weighted by molar-refractivity contribution is 0.0944. The number of hydrogen-bond donors (Lipinski definition) is 2. The molecule has 0 spiro atoms. The summed E-state index contributed by atoms with van der Waals surface area (Å²) < 4.78 is 35.6. The smallest absolute Gasteiger partial charge is 0.266 e. The van der Waals surface area contributed by atoms with Gasteiger partial charge >= 0.3 is 0 Å². The van der Waals surface area contributed by atoms with Crippen LogP contribution in [0.1, 0.15) is 15.9 Å². The fourth-order valence-corrected chi connectivity index (χ4v) is 3.24. The van der Waals surface area contributed by atoms with Crippen LogP contribution in [0.4, 0.5) is 0 Å². The van der Waals surface area contributed by atoms with Crippen molar-refractivity contribution in [1.82, 2.24) is 10.3 Å². The summed E-state index contributed by atoms with van der Waals surface area (Å²) >= 11 is 3.31. The highest BCUT2D eigenvalue weighted by atomic mass is 79.9. The van der Waals surface area contributed by atoms with Crippen LogP contribution in [-0.2, 0) is 10.0 Å². The van der Waals surface area contributed by atoms with Crippen LogP contribution in [0, 0.1) is 6.92 Å². The molecule has 1 aliphatic rings. The van der Waals surface area contributed by atoms with Crippen LogP contribution in [0.5, 0.6) is 11.5 Å². The molecule has 2 aromatic rings. The number of hydrazine groups is 1. The molecule has 1 amide bonds. The Labute approximate surface area is 147 Å². The number of sulfonamides is 1. The van der Waals surface area contributed by atoms with Gasteiger partial charge in [-0.25, -0.2) is 8.42 Å². The number of ether oxygens (including phenoxy) is 2. The van der Waals surface area contributed by atoms with Gasteiger partial charge in [0.25, 0.3) is 15.9 Å². The van der Waals surface area contributed by atoms with Crippen molar-refractivity contribution in [3.63, 3.8) is 0 Å². The molecule has 2 aromatic carbocycles. The van der Waals surface area contributed by atoms with Gasteiger partial charge in [0.15, 0.2) is 11.5 Å². The SMILES string of the molecule is Cc1cc(S(=O)(=O)NNC(=O)c2ccc3c(c2)OCO3)ccc1Br. The van der Waals surface area contributed by atoms with Gasteiger partial charge in [-0.2, -0.15) is 0 Å². The summed E-state index contributed by atoms with van der Waals surface area (Å²) in [7, 11) is -3.87. The van der Waals surface area contributed by atoms with Crippen molar-refractivity contribution < 1.29 is 22.7 Å². The van der Waals surface area contributed by atoms with E-state index < -0.39 is 15.9 Å². The molecule has 7 nitrogen and oxygen atoms in total. The van der Waals surface area contributed by atoms with Gasteiger partial charge in [0, 0.05) is 10.0 Å². The molecule has 3 rings (SSSR count). The minimum absolute atomic E-state index is 0.0502. The summed E-state index contributed by atoms with van der Waals surface area (Å²) in [6, 6.07) is 9.15. The molecular weight excluding hydrogens is 400 g/mol. The predicted molar refractivity (Wildman–Crippen MR) is 89.2 cm³/mol. The van der Waals surface area contributed by atoms with E-state index in [2.05, 4.69) is 26.2 Å². The summed E-state index contributed by atoms with van der Waals surface area (Å²) in [6.07, 6.45) is 0. The maximum Gasteiger partial charge on any atom is 0.266 e. The summed E-state index contributed by atoms with van der Waals surface area (Å²) in [5, 5.41) is 0. The Morgan fingerprint density at radius 1 is 1.12 bits per heavy atom. The van der Waals surface area contributed by atoms with Crippen LogP contribution in [0.25, 0.3) is 0 Å². The molecule has 9 heteroatoms. The molecule has 0 unspecified atom stereocenters. The van der Waals surface area contributed by atoms with E-state index in [1.54, 1.807) is 19.1 Å². The van der Waals surface area contributed by atoms with Crippen molar-refractivity contribution >= 4 is 31.9 Å². The highest BCUT2D eigenvalue weighted by molar-refractivity contribution is 9.10. The number of rotatable bonds is 4. The first-order valence-corrected chi connectivity index (χ1v) is 9.12. The lowest BCUT2D eigenvalue weighted by Crippen LogP contribution is -2.41. The number of nitrogens with one attached hydrogen (secondary N) is 2. The maximum absolute atomic E-state index is 12.2. The van der Waals surface area contributed by atoms with Crippen molar-refractivity contribution in [1.29, 1.82) is 0 Å². The van der Waals surface area contributed by atoms with Gasteiger partial charge in [-0.1, -0.05) is 15.9 Å². The van der Waals surface area contributed by atoms with Crippen LogP contribution < -0.4 is 19.7 Å². The summed E-state index contributed by atoms with van der Waals surface area (Å²) in [6.45, 7) is 1.87. The first kappa shape index (κ1) is 16.7. The van der Waals surface area contributed by atoms with Gasteiger partial charge in [0.1, 0.15) is 0 Å². The topological polar surface area (TPSA) is 93.7 Å². The zero-order valence-electron chi connectivity index (χ0n) is 12.5. The number of benzene rings is 2. The largest absolute Gasteiger partial charge is 0.454 e. The van der Waals surface area contributed by atoms with Crippen LogP contribution in [0.15, 0.2) is 45.8 Å². The van der Waals surface area contributed by atoms with Gasteiger partial charge in [0.05, 0.1) is 4.90 Å². The highest BCUT2D eigenvalue weighted by Crippen LogP contribution is 2.32. The average molecular weight is 413 g/mol. The fourth-order valence-electron chi connectivity index (χ4n) is 2.07. The molecule has 0 radical (unpaired) electrons. The molecule has 24 heavy (non-hydrogen) atoms. The van der Waals surface area contributed by atoms with E-state index in [1.165, 1.54) is 24.3 Å². The van der Waals surface area contributed by atoms with Gasteiger partial charge in [-0.15, -0.1) is 4.83 Å². The Balaban J connectivity index is 1.72. The van der Waals surface area contributed by atoms with E-state index in [0.29, 0.717) is 11.5 Å². The quantitative estimate of drug-likeness (QED) is 0.749. The molecule has 0 saturated carbocycles. The Morgan fingerprint density at radius 3 is 2.62 bits per heavy atom. The molecule has 126 valence electrons. The predicted octanol–water partition coefficient (Wildman–Crippen LogP) is 2.11. The van der Waals surface area contributed by atoms with Gasteiger partial charge in [-0.05, 0) is 48.9 Å². The third kappa shape index (κ3) is 3.37. The standard InChI is InChI=1S/C15H13BrN2O5S/c1-9-6-11(3-4-12(9)16)24(20,21)18-17-15(19)10-2-5-13-14(7-10)23-8-22-13/h2-7,18H,8H2,1H3,(H,17,19). The van der Waals surface area contributed by atoms with E-state index in [1.807, 2.05) is 0 Å². The Kier molecular flexibility index (Phi) is 4.48. The second kappa shape index (κ2) is 6.42. The number of amides is 1. The second-order valence-corrected chi connectivity index (χ2v) is 7.58. The monoisotopic (exact) mass is 412 g/mol. The van der Waals surface area contributed by atoms with E-state index >= 15 is 0 Å². The number of carbonyl (C=O) groups excluding carboxylic acids is 1. The van der Waals surface area contributed by atoms with Crippen molar-refractivity contribution in [3.8, 4) is 11.5 Å². The number of hydrogen-bond acceptors (Lipinski definition) is 5. The molecule has 0 bridgehead atoms. The fraction of sp³-hybridized carbons (Fsp3) is 0.133. The minimum atomic E-state index is -3.87. The second-order valence-electron chi connectivity index (χ2n) is 5.04. The maximum atomic E-state index is 12.2. The number of carbonyl (C=O) groups is 1. The summed E-state index contributed by atoms with van der Waals surface area (Å²) in [4.78, 5) is 14.2. The lowest BCUT2D eigenvalue weighted by Gasteiger charge is -2.10. The van der Waals surface area contributed by atoms with Gasteiger partial charge < -0.3 is 9.47 Å². The van der Waals surface area contributed by atoms with E-state index in [4.69, 9.17) is 9.47 Å². The van der Waals surface area contributed by atoms with Crippen LogP contribution in [-0.4, -0.2) is 21.1 Å². The molecule has 1 heterocycles. The lowest BCUT2D eigenvalue weighted by atomic mass is 10.2. The molecule has 0 saturated heterocycles. The van der Waals surface area contributed by atoms with Crippen LogP contribution >= 0.6 is 15.9 Å². The summed E-state index contributed by atoms with van der Waals surface area (Å²) in [5.74, 6) is 0.372. The zero-order valence-corrected chi connectivity index (χ0v) is 14.9. The number of aryl methyl sites for hydroxylation is 1. The Bertz CT molecular complexity index is 914. The molecule has 2 N–H and O–H groups in total. The van der Waals surface area contributed by atoms with Crippen LogP contribution in [0.3, 0.4) is 0 Å². The first-order chi connectivity index (χ1) is 11.4. The van der Waals surface area contributed by atoms with E-state index in [0.717, 1.165) is 10.0 Å². The molecule has 0 aliphatic carbocycles. The summed E-state index contributed by atoms with van der Waals surface area (Å²) in [5.41, 5.74) is 3.19. The van der Waals surface area contributed by atoms with Crippen LogP contribution in [0.2, 0.25) is 0 Å². The van der Waals surface area contributed by atoms with Crippen molar-refractivity contribution in [2.45, 2.75) is 11.8 Å². The Morgan fingerprint density at radius 2 is 1.88 bits per heavy atom. The molecule has 1 aliphatic heterocycles. The van der Waals surface area contributed by atoms with E-state index in [9.17, 15) is 13.2 Å². The normalized spacial score (nSPS) is 12.9. The zero-order chi connectivity index (χ0) is 17.3. The van der Waals surface area contributed by atoms with Gasteiger partial charge in [0.2, 0.25) is 6.79 Å². The third-order valence-corrected chi connectivity index (χ3v) is 5.51. The van der Waals surface area contributed by atoms with Crippen molar-refractivity contribution in [3.05, 3.63) is 52.0 Å². The van der Waals surface area contributed by atoms with Gasteiger partial charge in [-0.3, -0.25) is 10.2 Å². The average Bonchev–Trinajstić information content (AvgIpc) is 3.02. The molecule has 0 fully saturated rings. The molecule has 0 atom stereocenters. The highest BCUT2D eigenvalue weighted by Gasteiger charge is 2.19. The van der Waals surface area contributed by atoms with E-state index in [-0.39, 0.29) is 17.3 Å². The van der Waals surface area contributed by atoms with Crippen molar-refractivity contribution in [2.75, 3.05) is 6.79 Å². The Hall–Kier alpha value is -2.10. The number of halogens is 1. The third-order valence-electron chi connectivity index (χ3n) is 3.37.